The summed E-state index contributed by atoms with van der Waals surface area (Å²) in [6.45, 7) is 6.86. The van der Waals surface area contributed by atoms with Crippen LogP contribution in [-0.4, -0.2) is 17.8 Å². The highest BCUT2D eigenvalue weighted by Gasteiger charge is 2.20. The van der Waals surface area contributed by atoms with E-state index in [-0.39, 0.29) is 5.41 Å². The molecule has 0 radical (unpaired) electrons. The maximum atomic E-state index is 7.94. The van der Waals surface area contributed by atoms with Crippen molar-refractivity contribution in [2.24, 2.45) is 5.41 Å². The largest absolute Gasteiger partial charge is 0.472 e. The monoisotopic (exact) mass is 194 g/mol. The Kier molecular flexibility index (Phi) is 2.99. The van der Waals surface area contributed by atoms with E-state index >= 15 is 0 Å². The lowest BCUT2D eigenvalue weighted by atomic mass is 9.94. The summed E-state index contributed by atoms with van der Waals surface area (Å²) in [5, 5.41) is 7.94. The molecule has 1 aromatic heterocycles. The first-order valence-electron chi connectivity index (χ1n) is 4.72. The van der Waals surface area contributed by atoms with Crippen LogP contribution in [-0.2, 0) is 6.54 Å². The summed E-state index contributed by atoms with van der Waals surface area (Å²) >= 11 is 0. The topological polar surface area (TPSA) is 40.2 Å². The Morgan fingerprint density at radius 1 is 1.50 bits per heavy atom. The molecule has 0 bridgehead atoms. The minimum atomic E-state index is -0.0987. The zero-order chi connectivity index (χ0) is 10.8. The summed E-state index contributed by atoms with van der Waals surface area (Å²) in [5.74, 6) is 0.638. The summed E-state index contributed by atoms with van der Waals surface area (Å²) in [4.78, 5) is 1.94. The number of hydrogen-bond acceptors (Lipinski definition) is 2. The highest BCUT2D eigenvalue weighted by molar-refractivity contribution is 5.83. The molecule has 3 nitrogen and oxygen atoms in total. The van der Waals surface area contributed by atoms with Gasteiger partial charge in [0.15, 0.2) is 0 Å². The number of furan rings is 1. The van der Waals surface area contributed by atoms with E-state index in [4.69, 9.17) is 9.83 Å². The quantitative estimate of drug-likeness (QED) is 0.581. The van der Waals surface area contributed by atoms with Gasteiger partial charge in [-0.25, -0.2) is 0 Å². The fourth-order valence-electron chi connectivity index (χ4n) is 1.31. The molecule has 1 N–H and O–H groups in total. The molecule has 0 aliphatic rings. The van der Waals surface area contributed by atoms with Gasteiger partial charge in [0.25, 0.3) is 0 Å². The van der Waals surface area contributed by atoms with E-state index in [2.05, 4.69) is 0 Å². The van der Waals surface area contributed by atoms with Crippen molar-refractivity contribution in [3.05, 3.63) is 24.2 Å². The van der Waals surface area contributed by atoms with Crippen LogP contribution in [0.1, 0.15) is 26.3 Å². The Hall–Kier alpha value is -1.25. The highest BCUT2D eigenvalue weighted by atomic mass is 16.3. The van der Waals surface area contributed by atoms with E-state index in [1.807, 2.05) is 38.8 Å². The Bertz CT molecular complexity index is 296. The summed E-state index contributed by atoms with van der Waals surface area (Å²) in [7, 11) is 1.93. The summed E-state index contributed by atoms with van der Waals surface area (Å²) in [6, 6.07) is 1.92. The van der Waals surface area contributed by atoms with Crippen molar-refractivity contribution >= 4 is 5.84 Å². The molecule has 3 heteroatoms. The Balaban J connectivity index is 2.59. The van der Waals surface area contributed by atoms with Crippen LogP contribution in [0.15, 0.2) is 23.0 Å². The Labute approximate surface area is 85.2 Å². The maximum Gasteiger partial charge on any atom is 0.101 e. The Morgan fingerprint density at radius 3 is 2.57 bits per heavy atom. The lowest BCUT2D eigenvalue weighted by Gasteiger charge is -2.28. The van der Waals surface area contributed by atoms with Crippen molar-refractivity contribution in [3.63, 3.8) is 0 Å². The lowest BCUT2D eigenvalue weighted by Crippen LogP contribution is -2.35. The summed E-state index contributed by atoms with van der Waals surface area (Å²) in [5.41, 5.74) is 1.000. The predicted octanol–water partition coefficient (Wildman–Crippen LogP) is 2.73. The molecular weight excluding hydrogens is 176 g/mol. The van der Waals surface area contributed by atoms with Gasteiger partial charge in [0.1, 0.15) is 5.84 Å². The molecule has 1 heterocycles. The second kappa shape index (κ2) is 3.86. The summed E-state index contributed by atoms with van der Waals surface area (Å²) in [6.07, 6.45) is 3.37. The van der Waals surface area contributed by atoms with Crippen LogP contribution in [0.5, 0.6) is 0 Å². The first-order chi connectivity index (χ1) is 6.41. The van der Waals surface area contributed by atoms with Gasteiger partial charge >= 0.3 is 0 Å². The van der Waals surface area contributed by atoms with Gasteiger partial charge in [0.2, 0.25) is 0 Å². The van der Waals surface area contributed by atoms with E-state index in [1.165, 1.54) is 0 Å². The third kappa shape index (κ3) is 2.62. The molecule has 0 saturated heterocycles. The molecule has 0 amide bonds. The maximum absolute atomic E-state index is 7.94. The number of hydrogen-bond donors (Lipinski definition) is 1. The molecule has 0 aromatic carbocycles. The van der Waals surface area contributed by atoms with Crippen LogP contribution in [0.4, 0.5) is 0 Å². The minimum absolute atomic E-state index is 0.0987. The molecule has 0 atom stereocenters. The van der Waals surface area contributed by atoms with Crippen LogP contribution in [0.2, 0.25) is 0 Å². The van der Waals surface area contributed by atoms with E-state index < -0.39 is 0 Å². The van der Waals surface area contributed by atoms with Crippen molar-refractivity contribution in [3.8, 4) is 0 Å². The zero-order valence-corrected chi connectivity index (χ0v) is 9.29. The number of amidine groups is 1. The minimum Gasteiger partial charge on any atom is -0.472 e. The van der Waals surface area contributed by atoms with Crippen LogP contribution in [0.3, 0.4) is 0 Å². The Morgan fingerprint density at radius 2 is 2.14 bits per heavy atom. The SMILES string of the molecule is CN(Cc1ccoc1)C(=N)C(C)(C)C. The van der Waals surface area contributed by atoms with Crippen LogP contribution in [0.25, 0.3) is 0 Å². The van der Waals surface area contributed by atoms with Crippen molar-refractivity contribution in [1.29, 1.82) is 5.41 Å². The average Bonchev–Trinajstić information content (AvgIpc) is 2.53. The third-order valence-corrected chi connectivity index (χ3v) is 2.09. The summed E-state index contributed by atoms with van der Waals surface area (Å²) < 4.78 is 4.98. The molecule has 14 heavy (non-hydrogen) atoms. The average molecular weight is 194 g/mol. The molecule has 1 aromatic rings. The van der Waals surface area contributed by atoms with Gasteiger partial charge in [-0.2, -0.15) is 0 Å². The predicted molar refractivity (Wildman–Crippen MR) is 57.4 cm³/mol. The van der Waals surface area contributed by atoms with Gasteiger partial charge in [0.05, 0.1) is 12.5 Å². The molecule has 0 spiro atoms. The molecule has 1 rings (SSSR count). The zero-order valence-electron chi connectivity index (χ0n) is 9.29. The van der Waals surface area contributed by atoms with Crippen molar-refractivity contribution in [2.75, 3.05) is 7.05 Å². The fourth-order valence-corrected chi connectivity index (χ4v) is 1.31. The van der Waals surface area contributed by atoms with Crippen molar-refractivity contribution in [2.45, 2.75) is 27.3 Å². The molecule has 0 fully saturated rings. The van der Waals surface area contributed by atoms with Gasteiger partial charge in [-0.05, 0) is 6.07 Å². The van der Waals surface area contributed by atoms with Crippen molar-refractivity contribution in [1.82, 2.24) is 4.90 Å². The molecule has 0 aliphatic heterocycles. The molecule has 0 aliphatic carbocycles. The van der Waals surface area contributed by atoms with Crippen LogP contribution in [0, 0.1) is 10.8 Å². The molecule has 78 valence electrons. The first kappa shape index (κ1) is 10.8. The number of nitrogens with zero attached hydrogens (tertiary/aromatic N) is 1. The number of nitrogens with one attached hydrogen (secondary N) is 1. The fraction of sp³-hybridized carbons (Fsp3) is 0.545. The van der Waals surface area contributed by atoms with Gasteiger partial charge < -0.3 is 9.32 Å². The van der Waals surface area contributed by atoms with Crippen LogP contribution >= 0.6 is 0 Å². The van der Waals surface area contributed by atoms with E-state index in [1.54, 1.807) is 12.5 Å². The van der Waals surface area contributed by atoms with E-state index in [0.29, 0.717) is 5.84 Å². The van der Waals surface area contributed by atoms with Gasteiger partial charge in [0, 0.05) is 24.6 Å². The number of rotatable bonds is 2. The normalized spacial score (nSPS) is 11.4. The van der Waals surface area contributed by atoms with Gasteiger partial charge in [-0.1, -0.05) is 20.8 Å². The van der Waals surface area contributed by atoms with E-state index in [0.717, 1.165) is 12.1 Å². The van der Waals surface area contributed by atoms with Gasteiger partial charge in [-0.3, -0.25) is 5.41 Å². The highest BCUT2D eigenvalue weighted by Crippen LogP contribution is 2.18. The van der Waals surface area contributed by atoms with Gasteiger partial charge in [-0.15, -0.1) is 0 Å². The smallest absolute Gasteiger partial charge is 0.101 e. The first-order valence-corrected chi connectivity index (χ1v) is 4.72. The third-order valence-electron chi connectivity index (χ3n) is 2.09. The lowest BCUT2D eigenvalue weighted by molar-refractivity contribution is 0.415. The van der Waals surface area contributed by atoms with E-state index in [9.17, 15) is 0 Å². The molecule has 0 saturated carbocycles. The van der Waals surface area contributed by atoms with Crippen LogP contribution < -0.4 is 0 Å². The molecule has 0 unspecified atom stereocenters. The molecular formula is C11H18N2O. The standard InChI is InChI=1S/C11H18N2O/c1-11(2,3)10(12)13(4)7-9-5-6-14-8-9/h5-6,8,12H,7H2,1-4H3. The van der Waals surface area contributed by atoms with Crippen molar-refractivity contribution < 1.29 is 4.42 Å². The second-order valence-electron chi connectivity index (χ2n) is 4.59. The second-order valence-corrected chi connectivity index (χ2v) is 4.59.